The molecule has 1 amide bonds. The highest BCUT2D eigenvalue weighted by atomic mass is 16.2. The van der Waals surface area contributed by atoms with E-state index in [0.29, 0.717) is 23.8 Å². The van der Waals surface area contributed by atoms with E-state index in [1.54, 1.807) is 0 Å². The number of carbonyl (C=O) groups is 1. The van der Waals surface area contributed by atoms with Crippen LogP contribution in [0, 0.1) is 11.8 Å². The highest BCUT2D eigenvalue weighted by molar-refractivity contribution is 5.84. The summed E-state index contributed by atoms with van der Waals surface area (Å²) in [5.74, 6) is 1.56. The lowest BCUT2D eigenvalue weighted by Crippen LogP contribution is -2.44. The SMILES string of the molecule is CCCC1NC(CC(C)C)N(C(C)CC(C)C)C1=O. The van der Waals surface area contributed by atoms with Crippen LogP contribution in [0.25, 0.3) is 0 Å². The largest absolute Gasteiger partial charge is 0.323 e. The van der Waals surface area contributed by atoms with Crippen molar-refractivity contribution in [3.63, 3.8) is 0 Å². The summed E-state index contributed by atoms with van der Waals surface area (Å²) < 4.78 is 0. The lowest BCUT2D eigenvalue weighted by molar-refractivity contribution is -0.132. The van der Waals surface area contributed by atoms with Crippen LogP contribution in [0.3, 0.4) is 0 Å². The minimum absolute atomic E-state index is 0.0448. The second-order valence-corrected chi connectivity index (χ2v) is 6.88. The summed E-state index contributed by atoms with van der Waals surface area (Å²) in [6, 6.07) is 0.383. The topological polar surface area (TPSA) is 32.3 Å². The van der Waals surface area contributed by atoms with Crippen LogP contribution >= 0.6 is 0 Å². The molecule has 3 heteroatoms. The number of nitrogens with one attached hydrogen (secondary N) is 1. The van der Waals surface area contributed by atoms with Gasteiger partial charge in [0.1, 0.15) is 0 Å². The molecule has 0 aromatic heterocycles. The molecule has 19 heavy (non-hydrogen) atoms. The maximum absolute atomic E-state index is 12.6. The molecule has 3 unspecified atom stereocenters. The monoisotopic (exact) mass is 268 g/mol. The third kappa shape index (κ3) is 4.48. The third-order valence-corrected chi connectivity index (χ3v) is 3.84. The Morgan fingerprint density at radius 2 is 1.79 bits per heavy atom. The van der Waals surface area contributed by atoms with Crippen LogP contribution in [0.4, 0.5) is 0 Å². The molecule has 3 atom stereocenters. The molecule has 0 spiro atoms. The van der Waals surface area contributed by atoms with Crippen molar-refractivity contribution in [2.24, 2.45) is 11.8 Å². The summed E-state index contributed by atoms with van der Waals surface area (Å²) in [6.45, 7) is 13.2. The first-order chi connectivity index (χ1) is 8.86. The Morgan fingerprint density at radius 1 is 1.16 bits per heavy atom. The molecule has 1 fully saturated rings. The van der Waals surface area contributed by atoms with E-state index in [-0.39, 0.29) is 12.2 Å². The standard InChI is InChI=1S/C16H32N2O/c1-7-8-14-16(19)18(13(6)9-11(2)3)15(17-14)10-12(4)5/h11-15,17H,7-10H2,1-6H3. The fraction of sp³-hybridized carbons (Fsp3) is 0.938. The van der Waals surface area contributed by atoms with E-state index >= 15 is 0 Å². The van der Waals surface area contributed by atoms with Crippen LogP contribution in [0.15, 0.2) is 0 Å². The lowest BCUT2D eigenvalue weighted by atomic mass is 10.0. The fourth-order valence-electron chi connectivity index (χ4n) is 3.16. The van der Waals surface area contributed by atoms with E-state index in [0.717, 1.165) is 25.7 Å². The molecule has 0 aromatic rings. The fourth-order valence-corrected chi connectivity index (χ4v) is 3.16. The molecular weight excluding hydrogens is 236 g/mol. The van der Waals surface area contributed by atoms with Gasteiger partial charge in [-0.2, -0.15) is 0 Å². The summed E-state index contributed by atoms with van der Waals surface area (Å²) in [6.07, 6.45) is 4.38. The Morgan fingerprint density at radius 3 is 2.26 bits per heavy atom. The van der Waals surface area contributed by atoms with Gasteiger partial charge in [-0.3, -0.25) is 10.1 Å². The van der Waals surface area contributed by atoms with Crippen LogP contribution in [0.2, 0.25) is 0 Å². The Hall–Kier alpha value is -0.570. The number of nitrogens with zero attached hydrogens (tertiary/aromatic N) is 1. The van der Waals surface area contributed by atoms with Gasteiger partial charge in [0.15, 0.2) is 0 Å². The van der Waals surface area contributed by atoms with Gasteiger partial charge in [0.2, 0.25) is 5.91 Å². The van der Waals surface area contributed by atoms with Gasteiger partial charge in [0, 0.05) is 6.04 Å². The van der Waals surface area contributed by atoms with Gasteiger partial charge in [0.25, 0.3) is 0 Å². The Balaban J connectivity index is 2.78. The first-order valence-electron chi connectivity index (χ1n) is 7.95. The summed E-state index contributed by atoms with van der Waals surface area (Å²) in [5, 5.41) is 3.55. The third-order valence-electron chi connectivity index (χ3n) is 3.84. The zero-order valence-electron chi connectivity index (χ0n) is 13.6. The molecule has 1 aliphatic heterocycles. The quantitative estimate of drug-likeness (QED) is 0.767. The van der Waals surface area contributed by atoms with Gasteiger partial charge >= 0.3 is 0 Å². The second kappa shape index (κ2) is 7.28. The maximum Gasteiger partial charge on any atom is 0.241 e. The number of rotatable bonds is 7. The van der Waals surface area contributed by atoms with Crippen LogP contribution in [-0.4, -0.2) is 29.1 Å². The van der Waals surface area contributed by atoms with Gasteiger partial charge in [-0.05, 0) is 38.0 Å². The Kier molecular flexibility index (Phi) is 6.31. The highest BCUT2D eigenvalue weighted by Gasteiger charge is 2.40. The average Bonchev–Trinajstić information content (AvgIpc) is 2.54. The average molecular weight is 268 g/mol. The van der Waals surface area contributed by atoms with Gasteiger partial charge in [-0.25, -0.2) is 0 Å². The number of hydrogen-bond acceptors (Lipinski definition) is 2. The van der Waals surface area contributed by atoms with Gasteiger partial charge in [-0.1, -0.05) is 41.0 Å². The van der Waals surface area contributed by atoms with Crippen LogP contribution in [0.1, 0.15) is 67.2 Å². The van der Waals surface area contributed by atoms with E-state index in [4.69, 9.17) is 0 Å². The van der Waals surface area contributed by atoms with Crippen molar-refractivity contribution in [1.29, 1.82) is 0 Å². The molecule has 1 aliphatic rings. The van der Waals surface area contributed by atoms with Crippen molar-refractivity contribution >= 4 is 5.91 Å². The molecule has 1 rings (SSSR count). The summed E-state index contributed by atoms with van der Waals surface area (Å²) >= 11 is 0. The van der Waals surface area contributed by atoms with E-state index in [9.17, 15) is 4.79 Å². The van der Waals surface area contributed by atoms with E-state index in [2.05, 4.69) is 51.8 Å². The molecule has 1 heterocycles. The highest BCUT2D eigenvalue weighted by Crippen LogP contribution is 2.25. The van der Waals surface area contributed by atoms with Crippen molar-refractivity contribution < 1.29 is 4.79 Å². The number of carbonyl (C=O) groups excluding carboxylic acids is 1. The molecule has 0 aliphatic carbocycles. The maximum atomic E-state index is 12.6. The molecule has 1 N–H and O–H groups in total. The van der Waals surface area contributed by atoms with Gasteiger partial charge < -0.3 is 4.90 Å². The van der Waals surface area contributed by atoms with Crippen LogP contribution in [-0.2, 0) is 4.79 Å². The van der Waals surface area contributed by atoms with E-state index in [1.807, 2.05) is 0 Å². The summed E-state index contributed by atoms with van der Waals surface area (Å²) in [5.41, 5.74) is 0. The van der Waals surface area contributed by atoms with Crippen molar-refractivity contribution in [1.82, 2.24) is 10.2 Å². The van der Waals surface area contributed by atoms with Crippen molar-refractivity contribution in [3.05, 3.63) is 0 Å². The zero-order chi connectivity index (χ0) is 14.6. The van der Waals surface area contributed by atoms with Gasteiger partial charge in [0.05, 0.1) is 12.2 Å². The number of amides is 1. The summed E-state index contributed by atoms with van der Waals surface area (Å²) in [4.78, 5) is 14.7. The Bertz CT molecular complexity index is 288. The van der Waals surface area contributed by atoms with Gasteiger partial charge in [-0.15, -0.1) is 0 Å². The van der Waals surface area contributed by atoms with Crippen LogP contribution < -0.4 is 5.32 Å². The zero-order valence-corrected chi connectivity index (χ0v) is 13.6. The van der Waals surface area contributed by atoms with E-state index in [1.165, 1.54) is 0 Å². The number of hydrogen-bond donors (Lipinski definition) is 1. The molecule has 0 bridgehead atoms. The van der Waals surface area contributed by atoms with Crippen molar-refractivity contribution in [2.45, 2.75) is 85.5 Å². The normalized spacial score (nSPS) is 25.7. The molecule has 0 radical (unpaired) electrons. The molecule has 112 valence electrons. The lowest BCUT2D eigenvalue weighted by Gasteiger charge is -2.32. The molecular formula is C16H32N2O. The van der Waals surface area contributed by atoms with Crippen LogP contribution in [0.5, 0.6) is 0 Å². The predicted molar refractivity (Wildman–Crippen MR) is 80.8 cm³/mol. The molecule has 3 nitrogen and oxygen atoms in total. The molecule has 1 saturated heterocycles. The second-order valence-electron chi connectivity index (χ2n) is 6.88. The summed E-state index contributed by atoms with van der Waals surface area (Å²) in [7, 11) is 0. The first-order valence-corrected chi connectivity index (χ1v) is 7.95. The van der Waals surface area contributed by atoms with Crippen molar-refractivity contribution in [2.75, 3.05) is 0 Å². The minimum Gasteiger partial charge on any atom is -0.323 e. The van der Waals surface area contributed by atoms with E-state index < -0.39 is 0 Å². The smallest absolute Gasteiger partial charge is 0.241 e. The molecule has 0 saturated carbocycles. The Labute approximate surface area is 119 Å². The first kappa shape index (κ1) is 16.5. The predicted octanol–water partition coefficient (Wildman–Crippen LogP) is 3.39. The minimum atomic E-state index is 0.0448. The molecule has 0 aromatic carbocycles. The van der Waals surface area contributed by atoms with Crippen molar-refractivity contribution in [3.8, 4) is 0 Å².